The Kier molecular flexibility index (Phi) is 3.69. The van der Waals surface area contributed by atoms with Gasteiger partial charge in [0.15, 0.2) is 0 Å². The van der Waals surface area contributed by atoms with E-state index in [-0.39, 0.29) is 11.3 Å². The minimum absolute atomic E-state index is 0.115. The molecule has 102 valence electrons. The number of furan rings is 1. The normalized spacial score (nSPS) is 13.6. The van der Waals surface area contributed by atoms with Gasteiger partial charge in [-0.05, 0) is 39.7 Å². The minimum atomic E-state index is -4.76. The Morgan fingerprint density at radius 1 is 1.21 bits per heavy atom. The van der Waals surface area contributed by atoms with Gasteiger partial charge in [-0.25, -0.2) is 4.39 Å². The van der Waals surface area contributed by atoms with Gasteiger partial charge in [-0.1, -0.05) is 6.07 Å². The third kappa shape index (κ3) is 2.82. The highest BCUT2D eigenvalue weighted by atomic mass is 79.9. The van der Waals surface area contributed by atoms with Gasteiger partial charge in [0.25, 0.3) is 0 Å². The Bertz CT molecular complexity index is 594. The first-order valence-corrected chi connectivity index (χ1v) is 5.95. The van der Waals surface area contributed by atoms with Crippen LogP contribution in [0.25, 0.3) is 0 Å². The lowest BCUT2D eigenvalue weighted by Crippen LogP contribution is -2.15. The molecule has 1 aromatic carbocycles. The van der Waals surface area contributed by atoms with Gasteiger partial charge >= 0.3 is 6.18 Å². The highest BCUT2D eigenvalue weighted by molar-refractivity contribution is 9.10. The van der Waals surface area contributed by atoms with Gasteiger partial charge < -0.3 is 10.2 Å². The van der Waals surface area contributed by atoms with Crippen LogP contribution in [0, 0.1) is 5.82 Å². The Balaban J connectivity index is 2.44. The fourth-order valence-electron chi connectivity index (χ4n) is 1.63. The molecule has 2 aromatic rings. The van der Waals surface area contributed by atoms with Gasteiger partial charge in [-0.15, -0.1) is 0 Å². The van der Waals surface area contributed by atoms with Crippen LogP contribution in [0.1, 0.15) is 22.9 Å². The Hall–Kier alpha value is -1.34. The summed E-state index contributed by atoms with van der Waals surface area (Å²) in [6.45, 7) is 0. The Morgan fingerprint density at radius 2 is 1.89 bits per heavy atom. The van der Waals surface area contributed by atoms with Crippen molar-refractivity contribution in [3.63, 3.8) is 0 Å². The second kappa shape index (κ2) is 4.97. The molecule has 0 aliphatic heterocycles. The summed E-state index contributed by atoms with van der Waals surface area (Å²) in [6.07, 6.45) is -3.41. The first-order valence-electron chi connectivity index (χ1n) is 5.16. The van der Waals surface area contributed by atoms with Gasteiger partial charge in [-0.3, -0.25) is 0 Å². The maximum Gasteiger partial charge on any atom is 0.419 e. The fourth-order valence-corrected chi connectivity index (χ4v) is 2.08. The zero-order valence-corrected chi connectivity index (χ0v) is 10.9. The largest absolute Gasteiger partial charge is 0.466 e. The van der Waals surface area contributed by atoms with E-state index in [1.165, 1.54) is 12.3 Å². The molecule has 0 saturated heterocycles. The summed E-state index contributed by atoms with van der Waals surface area (Å²) in [4.78, 5) is 0. The number of alkyl halides is 3. The molecule has 0 aliphatic carbocycles. The fraction of sp³-hybridized carbons (Fsp3) is 0.167. The lowest BCUT2D eigenvalue weighted by Gasteiger charge is -2.14. The molecule has 1 aromatic heterocycles. The summed E-state index contributed by atoms with van der Waals surface area (Å²) < 4.78 is 56.6. The van der Waals surface area contributed by atoms with Crippen LogP contribution >= 0.6 is 15.9 Å². The molecule has 2 rings (SSSR count). The standard InChI is InChI=1S/C12H8BrF4NO/c13-8-3-4-19-11(8)10(18)6-1-2-9(14)7(5-6)12(15,16)17/h1-5,10H,18H2. The van der Waals surface area contributed by atoms with Gasteiger partial charge in [-0.2, -0.15) is 13.2 Å². The molecular formula is C12H8BrF4NO. The summed E-state index contributed by atoms with van der Waals surface area (Å²) in [5.41, 5.74) is 4.58. The van der Waals surface area contributed by atoms with Crippen LogP contribution in [-0.4, -0.2) is 0 Å². The molecule has 0 radical (unpaired) electrons. The van der Waals surface area contributed by atoms with E-state index in [1.54, 1.807) is 6.07 Å². The molecule has 0 fully saturated rings. The third-order valence-corrected chi connectivity index (χ3v) is 3.24. The first-order chi connectivity index (χ1) is 8.80. The van der Waals surface area contributed by atoms with E-state index >= 15 is 0 Å². The smallest absolute Gasteiger partial charge is 0.419 e. The van der Waals surface area contributed by atoms with E-state index in [4.69, 9.17) is 10.2 Å². The molecule has 0 spiro atoms. The minimum Gasteiger partial charge on any atom is -0.466 e. The van der Waals surface area contributed by atoms with Gasteiger partial charge in [0.2, 0.25) is 0 Å². The molecule has 0 saturated carbocycles. The Morgan fingerprint density at radius 3 is 2.42 bits per heavy atom. The van der Waals surface area contributed by atoms with Crippen LogP contribution in [0.5, 0.6) is 0 Å². The SMILES string of the molecule is NC(c1ccc(F)c(C(F)(F)F)c1)c1occc1Br. The topological polar surface area (TPSA) is 39.2 Å². The maximum atomic E-state index is 13.2. The molecule has 0 amide bonds. The molecule has 0 aliphatic rings. The molecule has 19 heavy (non-hydrogen) atoms. The molecule has 1 unspecified atom stereocenters. The van der Waals surface area contributed by atoms with Crippen molar-refractivity contribution in [2.24, 2.45) is 5.73 Å². The Labute approximate surface area is 114 Å². The number of rotatable bonds is 2. The second-order valence-electron chi connectivity index (χ2n) is 3.85. The first kappa shape index (κ1) is 14.1. The number of halogens is 5. The van der Waals surface area contributed by atoms with Crippen molar-refractivity contribution in [2.45, 2.75) is 12.2 Å². The predicted molar refractivity (Wildman–Crippen MR) is 63.8 cm³/mol. The average molecular weight is 338 g/mol. The van der Waals surface area contributed by atoms with Crippen molar-refractivity contribution in [1.29, 1.82) is 0 Å². The maximum absolute atomic E-state index is 13.2. The van der Waals surface area contributed by atoms with Crippen LogP contribution in [-0.2, 0) is 6.18 Å². The van der Waals surface area contributed by atoms with Gasteiger partial charge in [0.1, 0.15) is 11.6 Å². The summed E-state index contributed by atoms with van der Waals surface area (Å²) >= 11 is 3.17. The van der Waals surface area contributed by atoms with Gasteiger partial charge in [0, 0.05) is 0 Å². The van der Waals surface area contributed by atoms with Crippen molar-refractivity contribution in [2.75, 3.05) is 0 Å². The van der Waals surface area contributed by atoms with Crippen LogP contribution in [0.15, 0.2) is 39.4 Å². The van der Waals surface area contributed by atoms with Crippen molar-refractivity contribution in [3.05, 3.63) is 57.7 Å². The average Bonchev–Trinajstić information content (AvgIpc) is 2.73. The third-order valence-electron chi connectivity index (χ3n) is 2.58. The molecule has 2 N–H and O–H groups in total. The van der Waals surface area contributed by atoms with Crippen LogP contribution in [0.2, 0.25) is 0 Å². The highest BCUT2D eigenvalue weighted by Gasteiger charge is 2.34. The van der Waals surface area contributed by atoms with Crippen molar-refractivity contribution in [1.82, 2.24) is 0 Å². The van der Waals surface area contributed by atoms with Crippen molar-refractivity contribution < 1.29 is 22.0 Å². The molecule has 0 bridgehead atoms. The zero-order chi connectivity index (χ0) is 14.2. The highest BCUT2D eigenvalue weighted by Crippen LogP contribution is 2.34. The summed E-state index contributed by atoms with van der Waals surface area (Å²) in [5, 5.41) is 0. The van der Waals surface area contributed by atoms with Crippen LogP contribution in [0.4, 0.5) is 17.6 Å². The number of benzene rings is 1. The molecule has 1 atom stereocenters. The molecule has 1 heterocycles. The van der Waals surface area contributed by atoms with Crippen LogP contribution < -0.4 is 5.73 Å². The number of hydrogen-bond donors (Lipinski definition) is 1. The summed E-state index contributed by atoms with van der Waals surface area (Å²) in [6, 6.07) is 3.29. The lowest BCUT2D eigenvalue weighted by atomic mass is 10.0. The van der Waals surface area contributed by atoms with Crippen molar-refractivity contribution in [3.8, 4) is 0 Å². The zero-order valence-electron chi connectivity index (χ0n) is 9.34. The molecule has 7 heteroatoms. The van der Waals surface area contributed by atoms with E-state index < -0.39 is 23.6 Å². The van der Waals surface area contributed by atoms with E-state index in [0.29, 0.717) is 10.5 Å². The van der Waals surface area contributed by atoms with Gasteiger partial charge in [0.05, 0.1) is 22.3 Å². The summed E-state index contributed by atoms with van der Waals surface area (Å²) in [5.74, 6) is -1.05. The quantitative estimate of drug-likeness (QED) is 0.832. The summed E-state index contributed by atoms with van der Waals surface area (Å²) in [7, 11) is 0. The lowest BCUT2D eigenvalue weighted by molar-refractivity contribution is -0.140. The molecule has 2 nitrogen and oxygen atoms in total. The van der Waals surface area contributed by atoms with Crippen LogP contribution in [0.3, 0.4) is 0 Å². The number of nitrogens with two attached hydrogens (primary N) is 1. The second-order valence-corrected chi connectivity index (χ2v) is 4.70. The monoisotopic (exact) mass is 337 g/mol. The predicted octanol–water partition coefficient (Wildman–Crippen LogP) is 4.25. The van der Waals surface area contributed by atoms with E-state index in [2.05, 4.69) is 15.9 Å². The molecular weight excluding hydrogens is 330 g/mol. The van der Waals surface area contributed by atoms with E-state index in [0.717, 1.165) is 6.07 Å². The number of hydrogen-bond acceptors (Lipinski definition) is 2. The van der Waals surface area contributed by atoms with E-state index in [1.807, 2.05) is 0 Å². The van der Waals surface area contributed by atoms with Crippen molar-refractivity contribution >= 4 is 15.9 Å². The van der Waals surface area contributed by atoms with E-state index in [9.17, 15) is 17.6 Å².